The summed E-state index contributed by atoms with van der Waals surface area (Å²) in [4.78, 5) is 0. The van der Waals surface area contributed by atoms with Crippen molar-refractivity contribution in [2.24, 2.45) is 0 Å². The summed E-state index contributed by atoms with van der Waals surface area (Å²) in [5.41, 5.74) is 1.30. The minimum atomic E-state index is -0.353. The number of aliphatic hydroxyl groups is 1. The summed E-state index contributed by atoms with van der Waals surface area (Å²) in [6.07, 6.45) is 0.407. The molecular formula is C17H14ClFO2. The van der Waals surface area contributed by atoms with Crippen LogP contribution in [0.5, 0.6) is 5.75 Å². The van der Waals surface area contributed by atoms with Crippen molar-refractivity contribution >= 4 is 11.6 Å². The predicted octanol–water partition coefficient (Wildman–Crippen LogP) is 3.79. The van der Waals surface area contributed by atoms with Crippen molar-refractivity contribution in [1.29, 1.82) is 0 Å². The lowest BCUT2D eigenvalue weighted by Crippen LogP contribution is -1.98. The van der Waals surface area contributed by atoms with E-state index in [1.54, 1.807) is 6.07 Å². The molecule has 2 aromatic rings. The quantitative estimate of drug-likeness (QED) is 0.871. The van der Waals surface area contributed by atoms with Crippen molar-refractivity contribution in [3.63, 3.8) is 0 Å². The van der Waals surface area contributed by atoms with Crippen LogP contribution in [-0.4, -0.2) is 11.7 Å². The average molecular weight is 305 g/mol. The standard InChI is InChI=1S/C17H14ClFO2/c18-16-9-8-15(19)11-14(16)12-21-17-7-2-1-5-13(17)6-3-4-10-20/h1-2,5,7-9,11,20H,4,10,12H2. The SMILES string of the molecule is OCCC#Cc1ccccc1OCc1cc(F)ccc1Cl. The van der Waals surface area contributed by atoms with Crippen LogP contribution in [0, 0.1) is 17.7 Å². The van der Waals surface area contributed by atoms with Gasteiger partial charge in [0.2, 0.25) is 0 Å². The fraction of sp³-hybridized carbons (Fsp3) is 0.176. The Kier molecular flexibility index (Phi) is 5.62. The normalized spacial score (nSPS) is 9.86. The predicted molar refractivity (Wildman–Crippen MR) is 80.8 cm³/mol. The molecule has 0 atom stereocenters. The Hall–Kier alpha value is -2.02. The van der Waals surface area contributed by atoms with Crippen molar-refractivity contribution in [1.82, 2.24) is 0 Å². The lowest BCUT2D eigenvalue weighted by Gasteiger charge is -2.09. The van der Waals surface area contributed by atoms with E-state index in [0.29, 0.717) is 22.8 Å². The fourth-order valence-electron chi connectivity index (χ4n) is 1.72. The van der Waals surface area contributed by atoms with Gasteiger partial charge in [-0.1, -0.05) is 35.6 Å². The number of hydrogen-bond acceptors (Lipinski definition) is 2. The largest absolute Gasteiger partial charge is 0.488 e. The van der Waals surface area contributed by atoms with E-state index in [4.69, 9.17) is 21.4 Å². The molecule has 2 nitrogen and oxygen atoms in total. The van der Waals surface area contributed by atoms with Gasteiger partial charge in [-0.3, -0.25) is 0 Å². The number of benzene rings is 2. The highest BCUT2D eigenvalue weighted by Gasteiger charge is 2.05. The van der Waals surface area contributed by atoms with Crippen LogP contribution in [0.15, 0.2) is 42.5 Å². The molecule has 0 spiro atoms. The molecule has 21 heavy (non-hydrogen) atoms. The van der Waals surface area contributed by atoms with Gasteiger partial charge in [-0.2, -0.15) is 0 Å². The Morgan fingerprint density at radius 1 is 1.19 bits per heavy atom. The Bertz CT molecular complexity index is 674. The second-order valence-electron chi connectivity index (χ2n) is 4.30. The second kappa shape index (κ2) is 7.68. The van der Waals surface area contributed by atoms with Crippen LogP contribution in [-0.2, 0) is 6.61 Å². The van der Waals surface area contributed by atoms with Gasteiger partial charge in [0.15, 0.2) is 0 Å². The highest BCUT2D eigenvalue weighted by molar-refractivity contribution is 6.31. The van der Waals surface area contributed by atoms with Crippen LogP contribution in [0.4, 0.5) is 4.39 Å². The van der Waals surface area contributed by atoms with Gasteiger partial charge in [0, 0.05) is 17.0 Å². The third-order valence-corrected chi connectivity index (χ3v) is 3.11. The first-order valence-corrected chi connectivity index (χ1v) is 6.84. The minimum Gasteiger partial charge on any atom is -0.488 e. The van der Waals surface area contributed by atoms with Crippen molar-refractivity contribution in [3.05, 3.63) is 64.4 Å². The van der Waals surface area contributed by atoms with Crippen LogP contribution in [0.2, 0.25) is 5.02 Å². The summed E-state index contributed by atoms with van der Waals surface area (Å²) in [6, 6.07) is 11.5. The van der Waals surface area contributed by atoms with Gasteiger partial charge in [0.05, 0.1) is 12.2 Å². The molecule has 0 aromatic heterocycles. The van der Waals surface area contributed by atoms with Gasteiger partial charge in [0.25, 0.3) is 0 Å². The van der Waals surface area contributed by atoms with E-state index in [1.165, 1.54) is 18.2 Å². The van der Waals surface area contributed by atoms with Gasteiger partial charge in [-0.05, 0) is 30.3 Å². The molecule has 0 radical (unpaired) electrons. The molecule has 2 aromatic carbocycles. The molecular weight excluding hydrogens is 291 g/mol. The van der Waals surface area contributed by atoms with Crippen molar-refractivity contribution in [3.8, 4) is 17.6 Å². The number of para-hydroxylation sites is 1. The molecule has 0 fully saturated rings. The molecule has 0 heterocycles. The zero-order valence-corrected chi connectivity index (χ0v) is 12.0. The van der Waals surface area contributed by atoms with Crippen LogP contribution < -0.4 is 4.74 Å². The lowest BCUT2D eigenvalue weighted by atomic mass is 10.2. The van der Waals surface area contributed by atoms with Gasteiger partial charge in [0.1, 0.15) is 18.2 Å². The van der Waals surface area contributed by atoms with Crippen LogP contribution in [0.3, 0.4) is 0 Å². The van der Waals surface area contributed by atoms with Crippen LogP contribution in [0.1, 0.15) is 17.5 Å². The van der Waals surface area contributed by atoms with Gasteiger partial charge < -0.3 is 9.84 Å². The lowest BCUT2D eigenvalue weighted by molar-refractivity contribution is 0.304. The Balaban J connectivity index is 2.13. The third-order valence-electron chi connectivity index (χ3n) is 2.74. The first-order valence-electron chi connectivity index (χ1n) is 6.46. The average Bonchev–Trinajstić information content (AvgIpc) is 2.49. The Labute approximate surface area is 128 Å². The number of aliphatic hydroxyl groups excluding tert-OH is 1. The van der Waals surface area contributed by atoms with E-state index in [2.05, 4.69) is 11.8 Å². The van der Waals surface area contributed by atoms with E-state index >= 15 is 0 Å². The van der Waals surface area contributed by atoms with Crippen molar-refractivity contribution in [2.45, 2.75) is 13.0 Å². The highest BCUT2D eigenvalue weighted by atomic mass is 35.5. The Morgan fingerprint density at radius 2 is 2.00 bits per heavy atom. The molecule has 0 aliphatic rings. The molecule has 0 bridgehead atoms. The zero-order chi connectivity index (χ0) is 15.1. The second-order valence-corrected chi connectivity index (χ2v) is 4.70. The van der Waals surface area contributed by atoms with Crippen molar-refractivity contribution < 1.29 is 14.2 Å². The highest BCUT2D eigenvalue weighted by Crippen LogP contribution is 2.22. The molecule has 0 unspecified atom stereocenters. The summed E-state index contributed by atoms with van der Waals surface area (Å²) < 4.78 is 18.9. The van der Waals surface area contributed by atoms with Crippen LogP contribution >= 0.6 is 11.6 Å². The summed E-state index contributed by atoms with van der Waals surface area (Å²) in [7, 11) is 0. The summed E-state index contributed by atoms with van der Waals surface area (Å²) in [5.74, 6) is 6.03. The third kappa shape index (κ3) is 4.49. The number of hydrogen-bond donors (Lipinski definition) is 1. The monoisotopic (exact) mass is 304 g/mol. The fourth-order valence-corrected chi connectivity index (χ4v) is 1.89. The molecule has 0 aliphatic carbocycles. The summed E-state index contributed by atoms with van der Waals surface area (Å²) >= 11 is 6.00. The molecule has 1 N–H and O–H groups in total. The van der Waals surface area contributed by atoms with Crippen molar-refractivity contribution in [2.75, 3.05) is 6.61 Å². The maximum Gasteiger partial charge on any atom is 0.135 e. The molecule has 0 aliphatic heterocycles. The zero-order valence-electron chi connectivity index (χ0n) is 11.3. The molecule has 108 valence electrons. The summed E-state index contributed by atoms with van der Waals surface area (Å²) in [5, 5.41) is 9.20. The topological polar surface area (TPSA) is 29.5 Å². The van der Waals surface area contributed by atoms with E-state index in [1.807, 2.05) is 18.2 Å². The molecule has 0 saturated heterocycles. The maximum absolute atomic E-state index is 13.2. The van der Waals surface area contributed by atoms with Gasteiger partial charge in [-0.15, -0.1) is 0 Å². The van der Waals surface area contributed by atoms with E-state index in [0.717, 1.165) is 5.56 Å². The number of halogens is 2. The van der Waals surface area contributed by atoms with E-state index in [-0.39, 0.29) is 19.0 Å². The minimum absolute atomic E-state index is 0.0227. The number of ether oxygens (including phenoxy) is 1. The van der Waals surface area contributed by atoms with Gasteiger partial charge >= 0.3 is 0 Å². The molecule has 0 amide bonds. The molecule has 4 heteroatoms. The molecule has 0 saturated carbocycles. The first kappa shape index (κ1) is 15.4. The Morgan fingerprint density at radius 3 is 2.81 bits per heavy atom. The van der Waals surface area contributed by atoms with E-state index in [9.17, 15) is 4.39 Å². The first-order chi connectivity index (χ1) is 10.2. The maximum atomic E-state index is 13.2. The molecule has 2 rings (SSSR count). The van der Waals surface area contributed by atoms with Crippen LogP contribution in [0.25, 0.3) is 0 Å². The van der Waals surface area contributed by atoms with E-state index < -0.39 is 0 Å². The smallest absolute Gasteiger partial charge is 0.135 e. The summed E-state index contributed by atoms with van der Waals surface area (Å²) in [6.45, 7) is 0.185. The van der Waals surface area contributed by atoms with Gasteiger partial charge in [-0.25, -0.2) is 4.39 Å². The number of rotatable bonds is 4.